The number of nitrogens with one attached hydrogen (secondary N) is 1. The molecule has 1 N–H and O–H groups in total. The first kappa shape index (κ1) is 18.5. The highest BCUT2D eigenvalue weighted by Gasteiger charge is 2.15. The zero-order valence-corrected chi connectivity index (χ0v) is 14.6. The monoisotopic (exact) mass is 358 g/mol. The van der Waals surface area contributed by atoms with Crippen LogP contribution in [0.5, 0.6) is 0 Å². The fourth-order valence-electron chi connectivity index (χ4n) is 1.99. The largest absolute Gasteiger partial charge is 0.455 e. The molecule has 1 amide bonds. The molecule has 0 bridgehead atoms. The lowest BCUT2D eigenvalue weighted by molar-refractivity contribution is -0.145. The topological polar surface area (TPSA) is 86.1 Å². The third-order valence-electron chi connectivity index (χ3n) is 3.14. The zero-order valence-electron chi connectivity index (χ0n) is 13.8. The average molecular weight is 358 g/mol. The van der Waals surface area contributed by atoms with Gasteiger partial charge in [-0.3, -0.25) is 9.59 Å². The SMILES string of the molecule is C#CCNC(=O)COC(=O)CSc1nnc(-c2ccccc2)n1CC. The van der Waals surface area contributed by atoms with Crippen LogP contribution in [0.25, 0.3) is 11.4 Å². The van der Waals surface area contributed by atoms with E-state index >= 15 is 0 Å². The molecule has 0 fully saturated rings. The molecule has 0 radical (unpaired) electrons. The van der Waals surface area contributed by atoms with Gasteiger partial charge >= 0.3 is 5.97 Å². The fourth-order valence-corrected chi connectivity index (χ4v) is 2.79. The molecule has 0 saturated heterocycles. The molecule has 1 heterocycles. The van der Waals surface area contributed by atoms with E-state index < -0.39 is 11.9 Å². The van der Waals surface area contributed by atoms with Gasteiger partial charge in [-0.05, 0) is 6.92 Å². The molecule has 7 nitrogen and oxygen atoms in total. The highest BCUT2D eigenvalue weighted by Crippen LogP contribution is 2.23. The number of aromatic nitrogens is 3. The highest BCUT2D eigenvalue weighted by atomic mass is 32.2. The summed E-state index contributed by atoms with van der Waals surface area (Å²) in [6.07, 6.45) is 5.03. The lowest BCUT2D eigenvalue weighted by atomic mass is 10.2. The van der Waals surface area contributed by atoms with Crippen LogP contribution in [-0.4, -0.2) is 45.5 Å². The molecule has 8 heteroatoms. The van der Waals surface area contributed by atoms with Gasteiger partial charge in [0.25, 0.3) is 5.91 Å². The maximum Gasteiger partial charge on any atom is 0.316 e. The summed E-state index contributed by atoms with van der Waals surface area (Å²) in [5.74, 6) is 2.11. The van der Waals surface area contributed by atoms with Crippen LogP contribution in [0, 0.1) is 12.3 Å². The number of esters is 1. The smallest absolute Gasteiger partial charge is 0.316 e. The van der Waals surface area contributed by atoms with Crippen LogP contribution in [0.3, 0.4) is 0 Å². The summed E-state index contributed by atoms with van der Waals surface area (Å²) in [4.78, 5) is 23.1. The van der Waals surface area contributed by atoms with E-state index in [9.17, 15) is 9.59 Å². The van der Waals surface area contributed by atoms with Gasteiger partial charge in [0.1, 0.15) is 0 Å². The molecule has 2 aromatic rings. The predicted octanol–water partition coefficient (Wildman–Crippen LogP) is 1.35. The van der Waals surface area contributed by atoms with Crippen molar-refractivity contribution in [1.82, 2.24) is 20.1 Å². The molecular formula is C17H18N4O3S. The van der Waals surface area contributed by atoms with Crippen molar-refractivity contribution in [1.29, 1.82) is 0 Å². The third-order valence-corrected chi connectivity index (χ3v) is 4.08. The van der Waals surface area contributed by atoms with Gasteiger partial charge in [0.05, 0.1) is 12.3 Å². The number of hydrogen-bond acceptors (Lipinski definition) is 6. The number of benzene rings is 1. The standard InChI is InChI=1S/C17H18N4O3S/c1-3-10-18-14(22)11-24-15(23)12-25-17-20-19-16(21(17)4-2)13-8-6-5-7-9-13/h1,5-9H,4,10-12H2,2H3,(H,18,22). The highest BCUT2D eigenvalue weighted by molar-refractivity contribution is 7.99. The number of thioether (sulfide) groups is 1. The van der Waals surface area contributed by atoms with E-state index in [4.69, 9.17) is 11.2 Å². The number of terminal acetylenes is 1. The van der Waals surface area contributed by atoms with Crippen molar-refractivity contribution < 1.29 is 14.3 Å². The molecule has 0 saturated carbocycles. The number of ether oxygens (including phenoxy) is 1. The lowest BCUT2D eigenvalue weighted by Crippen LogP contribution is -2.29. The summed E-state index contributed by atoms with van der Waals surface area (Å²) in [6.45, 7) is 2.40. The first-order valence-electron chi connectivity index (χ1n) is 7.63. The Morgan fingerprint density at radius 3 is 2.76 bits per heavy atom. The van der Waals surface area contributed by atoms with Gasteiger partial charge in [-0.1, -0.05) is 48.0 Å². The maximum absolute atomic E-state index is 11.8. The van der Waals surface area contributed by atoms with Gasteiger partial charge in [-0.2, -0.15) is 0 Å². The molecule has 0 atom stereocenters. The second-order valence-electron chi connectivity index (χ2n) is 4.85. The van der Waals surface area contributed by atoms with Crippen LogP contribution in [-0.2, 0) is 20.9 Å². The first-order valence-corrected chi connectivity index (χ1v) is 8.61. The second kappa shape index (κ2) is 9.49. The van der Waals surface area contributed by atoms with Crippen molar-refractivity contribution in [2.24, 2.45) is 0 Å². The molecular weight excluding hydrogens is 340 g/mol. The second-order valence-corrected chi connectivity index (χ2v) is 5.79. The van der Waals surface area contributed by atoms with Crippen molar-refractivity contribution in [3.05, 3.63) is 30.3 Å². The molecule has 130 valence electrons. The van der Waals surface area contributed by atoms with Crippen molar-refractivity contribution in [3.63, 3.8) is 0 Å². The summed E-state index contributed by atoms with van der Waals surface area (Å²) in [5, 5.41) is 11.4. The van der Waals surface area contributed by atoms with Crippen molar-refractivity contribution in [3.8, 4) is 23.7 Å². The summed E-state index contributed by atoms with van der Waals surface area (Å²) in [5.41, 5.74) is 0.955. The Bertz CT molecular complexity index is 768. The van der Waals surface area contributed by atoms with E-state index in [1.807, 2.05) is 41.8 Å². The Balaban J connectivity index is 1.91. The Morgan fingerprint density at radius 1 is 1.32 bits per heavy atom. The molecule has 1 aromatic carbocycles. The molecule has 0 aliphatic heterocycles. The van der Waals surface area contributed by atoms with Crippen molar-refractivity contribution in [2.75, 3.05) is 18.9 Å². The molecule has 1 aromatic heterocycles. The Kier molecular flexibility index (Phi) is 7.04. The predicted molar refractivity (Wildman–Crippen MR) is 94.7 cm³/mol. The molecule has 0 unspecified atom stereocenters. The van der Waals surface area contributed by atoms with E-state index in [1.54, 1.807) is 0 Å². The number of nitrogens with zero attached hydrogens (tertiary/aromatic N) is 3. The molecule has 25 heavy (non-hydrogen) atoms. The van der Waals surface area contributed by atoms with Crippen LogP contribution in [0.1, 0.15) is 6.92 Å². The van der Waals surface area contributed by atoms with E-state index in [0.717, 1.165) is 11.4 Å². The summed E-state index contributed by atoms with van der Waals surface area (Å²) < 4.78 is 6.81. The summed E-state index contributed by atoms with van der Waals surface area (Å²) in [6, 6.07) is 9.70. The summed E-state index contributed by atoms with van der Waals surface area (Å²) in [7, 11) is 0. The third kappa shape index (κ3) is 5.36. The number of carbonyl (C=O) groups is 2. The average Bonchev–Trinajstić information content (AvgIpc) is 3.06. The van der Waals surface area contributed by atoms with Gasteiger partial charge in [0, 0.05) is 12.1 Å². The number of carbonyl (C=O) groups excluding carboxylic acids is 2. The van der Waals surface area contributed by atoms with Crippen LogP contribution in [0.2, 0.25) is 0 Å². The summed E-state index contributed by atoms with van der Waals surface area (Å²) >= 11 is 1.22. The number of rotatable bonds is 8. The van der Waals surface area contributed by atoms with Gasteiger partial charge in [0.15, 0.2) is 17.6 Å². The van der Waals surface area contributed by atoms with Crippen molar-refractivity contribution in [2.45, 2.75) is 18.6 Å². The minimum Gasteiger partial charge on any atom is -0.455 e. The van der Waals surface area contributed by atoms with Crippen LogP contribution in [0.15, 0.2) is 35.5 Å². The lowest BCUT2D eigenvalue weighted by Gasteiger charge is -2.07. The van der Waals surface area contributed by atoms with E-state index in [-0.39, 0.29) is 18.9 Å². The van der Waals surface area contributed by atoms with Gasteiger partial charge in [0.2, 0.25) is 0 Å². The van der Waals surface area contributed by atoms with Crippen LogP contribution < -0.4 is 5.32 Å². The number of amides is 1. The Morgan fingerprint density at radius 2 is 2.08 bits per heavy atom. The quantitative estimate of drug-likeness (QED) is 0.435. The fraction of sp³-hybridized carbons (Fsp3) is 0.294. The first-order chi connectivity index (χ1) is 12.2. The van der Waals surface area contributed by atoms with E-state index in [2.05, 4.69) is 21.4 Å². The Labute approximate surface area is 150 Å². The minimum absolute atomic E-state index is 0.0370. The molecule has 0 spiro atoms. The minimum atomic E-state index is -0.507. The van der Waals surface area contributed by atoms with Gasteiger partial charge < -0.3 is 14.6 Å². The number of hydrogen-bond donors (Lipinski definition) is 1. The normalized spacial score (nSPS) is 10.1. The van der Waals surface area contributed by atoms with Gasteiger partial charge in [-0.25, -0.2) is 0 Å². The zero-order chi connectivity index (χ0) is 18.1. The Hall–Kier alpha value is -2.79. The van der Waals surface area contributed by atoms with Crippen molar-refractivity contribution >= 4 is 23.6 Å². The molecule has 0 aliphatic rings. The van der Waals surface area contributed by atoms with Crippen LogP contribution >= 0.6 is 11.8 Å². The van der Waals surface area contributed by atoms with Gasteiger partial charge in [-0.15, -0.1) is 16.6 Å². The van der Waals surface area contributed by atoms with E-state index in [0.29, 0.717) is 11.7 Å². The molecule has 0 aliphatic carbocycles. The maximum atomic E-state index is 11.8. The van der Waals surface area contributed by atoms with E-state index in [1.165, 1.54) is 11.8 Å². The van der Waals surface area contributed by atoms with Crippen LogP contribution in [0.4, 0.5) is 0 Å². The molecule has 2 rings (SSSR count).